The predicted molar refractivity (Wildman–Crippen MR) is 369 cm³/mol. The molecule has 0 saturated carbocycles. The quantitative estimate of drug-likeness (QED) is 0.0199. The largest absolute Gasteiger partial charge is 0.394 e. The molecule has 19 heteroatoms. The van der Waals surface area contributed by atoms with E-state index in [0.717, 1.165) is 103 Å². The first kappa shape index (κ1) is 84.7. The highest BCUT2D eigenvalue weighted by molar-refractivity contribution is 5.76. The molecule has 3 aliphatic rings. The number of carbonyl (C=O) groups excluding carboxylic acids is 1. The Morgan fingerprint density at radius 2 is 0.734 bits per heavy atom. The van der Waals surface area contributed by atoms with Crippen LogP contribution in [0.3, 0.4) is 0 Å². The fraction of sp³-hybridized carbons (Fsp3) is 0.747. The Labute approximate surface area is 564 Å². The van der Waals surface area contributed by atoms with E-state index in [9.17, 15) is 61.0 Å². The van der Waals surface area contributed by atoms with Gasteiger partial charge in [-0.15, -0.1) is 0 Å². The number of nitrogens with one attached hydrogen (secondary N) is 1. The summed E-state index contributed by atoms with van der Waals surface area (Å²) in [5.41, 5.74) is 0. The van der Waals surface area contributed by atoms with Gasteiger partial charge < -0.3 is 89.9 Å². The maximum absolute atomic E-state index is 13.4. The monoisotopic (exact) mass is 1330 g/mol. The summed E-state index contributed by atoms with van der Waals surface area (Å²) in [7, 11) is 0. The van der Waals surface area contributed by atoms with Crippen molar-refractivity contribution in [2.24, 2.45) is 0 Å². The Morgan fingerprint density at radius 1 is 0.394 bits per heavy atom. The smallest absolute Gasteiger partial charge is 0.220 e. The van der Waals surface area contributed by atoms with Crippen molar-refractivity contribution in [2.75, 3.05) is 26.4 Å². The van der Waals surface area contributed by atoms with E-state index in [-0.39, 0.29) is 18.9 Å². The first-order chi connectivity index (χ1) is 45.8. The average Bonchev–Trinajstić information content (AvgIpc) is 0.787. The molecule has 0 bridgehead atoms. The Bertz CT molecular complexity index is 2130. The molecule has 3 aliphatic heterocycles. The van der Waals surface area contributed by atoms with Gasteiger partial charge in [-0.25, -0.2) is 0 Å². The Morgan fingerprint density at radius 3 is 1.15 bits per heavy atom. The van der Waals surface area contributed by atoms with Crippen molar-refractivity contribution in [3.05, 3.63) is 109 Å². The summed E-state index contributed by atoms with van der Waals surface area (Å²) in [6.07, 6.45) is 47.6. The molecule has 3 heterocycles. The van der Waals surface area contributed by atoms with Crippen LogP contribution in [0.1, 0.15) is 226 Å². The van der Waals surface area contributed by atoms with Gasteiger partial charge >= 0.3 is 0 Å². The lowest BCUT2D eigenvalue weighted by Crippen LogP contribution is -2.66. The van der Waals surface area contributed by atoms with Gasteiger partial charge in [0.15, 0.2) is 18.9 Å². The third-order valence-electron chi connectivity index (χ3n) is 17.3. The lowest BCUT2D eigenvalue weighted by molar-refractivity contribution is -0.379. The molecule has 1 amide bonds. The summed E-state index contributed by atoms with van der Waals surface area (Å²) in [4.78, 5) is 13.4. The van der Waals surface area contributed by atoms with Crippen LogP contribution >= 0.6 is 0 Å². The maximum atomic E-state index is 13.4. The molecule has 0 aliphatic carbocycles. The number of allylic oxidation sites excluding steroid dienone is 17. The highest BCUT2D eigenvalue weighted by Gasteiger charge is 2.53. The van der Waals surface area contributed by atoms with E-state index in [4.69, 9.17) is 28.4 Å². The van der Waals surface area contributed by atoms with Gasteiger partial charge in [-0.1, -0.05) is 245 Å². The average molecular weight is 1330 g/mol. The zero-order valence-corrected chi connectivity index (χ0v) is 57.1. The highest BCUT2D eigenvalue weighted by atomic mass is 16.8. The zero-order valence-electron chi connectivity index (χ0n) is 57.1. The number of unbranched alkanes of at least 4 members (excludes halogenated alkanes) is 22. The number of carbonyl (C=O) groups is 1. The molecule has 3 saturated heterocycles. The van der Waals surface area contributed by atoms with Crippen molar-refractivity contribution in [3.8, 4) is 0 Å². The second-order valence-electron chi connectivity index (χ2n) is 25.3. The second kappa shape index (κ2) is 55.3. The van der Waals surface area contributed by atoms with Gasteiger partial charge in [0.1, 0.15) is 73.2 Å². The van der Waals surface area contributed by atoms with Crippen LogP contribution in [0.15, 0.2) is 109 Å². The van der Waals surface area contributed by atoms with Gasteiger partial charge in [0.25, 0.3) is 0 Å². The third kappa shape index (κ3) is 36.3. The minimum atomic E-state index is -1.99. The van der Waals surface area contributed by atoms with E-state index < -0.39 is 124 Å². The summed E-state index contributed by atoms with van der Waals surface area (Å²) >= 11 is 0. The van der Waals surface area contributed by atoms with Gasteiger partial charge in [0.2, 0.25) is 5.91 Å². The number of ether oxygens (including phenoxy) is 6. The maximum Gasteiger partial charge on any atom is 0.220 e. The van der Waals surface area contributed by atoms with Gasteiger partial charge in [0, 0.05) is 6.42 Å². The molecule has 0 aromatic heterocycles. The van der Waals surface area contributed by atoms with E-state index in [0.29, 0.717) is 6.42 Å². The van der Waals surface area contributed by atoms with Crippen molar-refractivity contribution in [3.63, 3.8) is 0 Å². The van der Waals surface area contributed by atoms with Crippen molar-refractivity contribution < 1.29 is 89.4 Å². The Kier molecular flexibility index (Phi) is 49.9. The molecule has 12 N–H and O–H groups in total. The van der Waals surface area contributed by atoms with E-state index in [1.165, 1.54) is 96.3 Å². The normalized spacial score (nSPS) is 28.0. The number of aliphatic hydroxyl groups is 11. The van der Waals surface area contributed by atoms with Crippen molar-refractivity contribution in [1.29, 1.82) is 0 Å². The molecule has 17 unspecified atom stereocenters. The number of rotatable bonds is 54. The van der Waals surface area contributed by atoms with Crippen molar-refractivity contribution in [1.82, 2.24) is 5.32 Å². The zero-order chi connectivity index (χ0) is 68.2. The molecular formula is C75H127NO18. The van der Waals surface area contributed by atoms with Crippen LogP contribution in [0.25, 0.3) is 0 Å². The third-order valence-corrected chi connectivity index (χ3v) is 17.3. The van der Waals surface area contributed by atoms with E-state index in [1.807, 2.05) is 6.08 Å². The lowest BCUT2D eigenvalue weighted by Gasteiger charge is -2.48. The van der Waals surface area contributed by atoms with E-state index in [1.54, 1.807) is 6.08 Å². The number of amides is 1. The minimum absolute atomic E-state index is 0.206. The van der Waals surface area contributed by atoms with Crippen molar-refractivity contribution >= 4 is 5.91 Å². The molecule has 0 radical (unpaired) electrons. The second-order valence-corrected chi connectivity index (χ2v) is 25.3. The molecule has 540 valence electrons. The fourth-order valence-electron chi connectivity index (χ4n) is 11.5. The summed E-state index contributed by atoms with van der Waals surface area (Å²) < 4.78 is 34.4. The van der Waals surface area contributed by atoms with Crippen LogP contribution in [-0.2, 0) is 33.2 Å². The van der Waals surface area contributed by atoms with Crippen molar-refractivity contribution in [2.45, 2.75) is 330 Å². The van der Waals surface area contributed by atoms with Gasteiger partial charge in [0.05, 0.1) is 38.6 Å². The molecule has 94 heavy (non-hydrogen) atoms. The van der Waals surface area contributed by atoms with Crippen LogP contribution in [-0.4, -0.2) is 193 Å². The number of hydrogen-bond donors (Lipinski definition) is 12. The molecule has 0 spiro atoms. The van der Waals surface area contributed by atoms with Gasteiger partial charge in [-0.3, -0.25) is 4.79 Å². The first-order valence-corrected chi connectivity index (χ1v) is 36.1. The van der Waals surface area contributed by atoms with E-state index >= 15 is 0 Å². The molecule has 0 aromatic rings. The summed E-state index contributed by atoms with van der Waals surface area (Å²) in [5.74, 6) is -0.303. The fourth-order valence-corrected chi connectivity index (χ4v) is 11.5. The minimum Gasteiger partial charge on any atom is -0.394 e. The Balaban J connectivity index is 1.44. The lowest BCUT2D eigenvalue weighted by atomic mass is 9.96. The standard InChI is InChI=1S/C75H127NO18/c1-3-5-7-9-11-13-15-17-19-21-23-25-26-27-28-29-30-31-32-33-35-37-39-41-43-45-47-49-51-53-63(81)76-58(59(80)52-50-48-46-44-42-40-38-36-34-24-22-20-18-16-14-12-10-8-6-4-2)57-89-73-69(87)66(84)71(61(55-78)91-73)94-75-70(88)67(85)72(62(56-79)92-75)93-74-68(86)65(83)64(82)60(54-77)90-74/h5,7,11,13,17,19,23,25,27-28,30-31,33,35,39,41,50,52,58-62,64-75,77-80,82-88H,3-4,6,8-10,12,14-16,18,20-22,24,26,29,32,34,36-38,40,42-49,51,53-57H2,1-2H3,(H,76,81)/b7-5-,13-11-,19-17-,25-23-,28-27-,31-30-,35-33-,41-39-,52-50+. The van der Waals surface area contributed by atoms with Crippen LogP contribution < -0.4 is 5.32 Å². The van der Waals surface area contributed by atoms with Crippen LogP contribution in [0.2, 0.25) is 0 Å². The molecule has 19 nitrogen and oxygen atoms in total. The topological polar surface area (TPSA) is 307 Å². The summed E-state index contributed by atoms with van der Waals surface area (Å²) in [6.45, 7) is 1.60. The highest BCUT2D eigenvalue weighted by Crippen LogP contribution is 2.33. The summed E-state index contributed by atoms with van der Waals surface area (Å²) in [6, 6.07) is -0.996. The summed E-state index contributed by atoms with van der Waals surface area (Å²) in [5, 5.41) is 121. The van der Waals surface area contributed by atoms with Gasteiger partial charge in [-0.2, -0.15) is 0 Å². The molecule has 17 atom stereocenters. The first-order valence-electron chi connectivity index (χ1n) is 36.1. The van der Waals surface area contributed by atoms with Crippen LogP contribution in [0.5, 0.6) is 0 Å². The van der Waals surface area contributed by atoms with Crippen LogP contribution in [0, 0.1) is 0 Å². The van der Waals surface area contributed by atoms with E-state index in [2.05, 4.69) is 116 Å². The predicted octanol–water partition coefficient (Wildman–Crippen LogP) is 10.2. The molecule has 0 aromatic carbocycles. The van der Waals surface area contributed by atoms with Gasteiger partial charge in [-0.05, 0) is 83.5 Å². The number of aliphatic hydroxyl groups excluding tert-OH is 11. The molecule has 3 rings (SSSR count). The Hall–Kier alpha value is -3.55. The SMILES string of the molecule is CC/C=C\C/C=C\C/C=C\C/C=C\C/C=C\C/C=C\C/C=C\C/C=C\CCCCCCC(=O)NC(COC1OC(CO)C(OC2OC(CO)C(OC3OC(CO)C(O)C(O)C3O)C(O)C2O)C(O)C1O)C(O)/C=C/CCCCCCCCCCCCCCCCCCCC. The molecule has 3 fully saturated rings. The number of hydrogen-bond acceptors (Lipinski definition) is 18. The molecular weight excluding hydrogens is 1200 g/mol. The van der Waals surface area contributed by atoms with Crippen LogP contribution in [0.4, 0.5) is 0 Å².